The fraction of sp³-hybridized carbons (Fsp3) is 0.0769. The van der Waals surface area contributed by atoms with Crippen LogP contribution in [0.1, 0.15) is 31.8 Å². The van der Waals surface area contributed by atoms with Crippen LogP contribution >= 0.6 is 24.0 Å². The van der Waals surface area contributed by atoms with Crippen LogP contribution < -0.4 is 14.9 Å². The average molecular weight is 505 g/mol. The molecule has 3 aromatic rings. The van der Waals surface area contributed by atoms with Crippen LogP contribution in [0.3, 0.4) is 0 Å². The lowest BCUT2D eigenvalue weighted by molar-refractivity contribution is -0.123. The highest BCUT2D eigenvalue weighted by molar-refractivity contribution is 8.26. The number of benzene rings is 3. The van der Waals surface area contributed by atoms with Crippen molar-refractivity contribution in [3.05, 3.63) is 100.0 Å². The number of carbonyl (C=O) groups excluding carboxylic acids is 3. The largest absolute Gasteiger partial charge is 0.497 e. The number of rotatable bonds is 6. The number of nitrogens with zero attached hydrogens (tertiary/aromatic N) is 1. The molecule has 0 saturated carbocycles. The lowest BCUT2D eigenvalue weighted by atomic mass is 10.1. The summed E-state index contributed by atoms with van der Waals surface area (Å²) >= 11 is 6.37. The van der Waals surface area contributed by atoms with E-state index in [4.69, 9.17) is 21.7 Å². The van der Waals surface area contributed by atoms with Gasteiger partial charge in [-0.1, -0.05) is 47.7 Å². The molecule has 176 valence electrons. The summed E-state index contributed by atoms with van der Waals surface area (Å²) in [4.78, 5) is 38.0. The molecule has 7 nitrogen and oxygen atoms in total. The van der Waals surface area contributed by atoms with Crippen molar-refractivity contribution in [1.82, 2.24) is 10.4 Å². The first-order chi connectivity index (χ1) is 16.8. The highest BCUT2D eigenvalue weighted by atomic mass is 32.2. The Bertz CT molecular complexity index is 1330. The van der Waals surface area contributed by atoms with Gasteiger partial charge in [0.05, 0.1) is 17.6 Å². The normalized spacial score (nSPS) is 14.2. The molecule has 1 aliphatic rings. The van der Waals surface area contributed by atoms with Crippen LogP contribution in [0.2, 0.25) is 0 Å². The summed E-state index contributed by atoms with van der Waals surface area (Å²) in [6, 6.07) is 20.4. The van der Waals surface area contributed by atoms with E-state index in [0.29, 0.717) is 33.1 Å². The summed E-state index contributed by atoms with van der Waals surface area (Å²) < 4.78 is 10.8. The molecule has 3 aromatic carbocycles. The average Bonchev–Trinajstić information content (AvgIpc) is 3.12. The monoisotopic (exact) mass is 504 g/mol. The minimum absolute atomic E-state index is 0.227. The Hall–Kier alpha value is -3.95. The van der Waals surface area contributed by atoms with E-state index in [-0.39, 0.29) is 4.32 Å². The third-order valence-electron chi connectivity index (χ3n) is 5.01. The number of aryl methyl sites for hydroxylation is 1. The van der Waals surface area contributed by atoms with Gasteiger partial charge < -0.3 is 9.47 Å². The van der Waals surface area contributed by atoms with Gasteiger partial charge in [-0.2, -0.15) is 5.01 Å². The second-order valence-electron chi connectivity index (χ2n) is 7.51. The molecule has 35 heavy (non-hydrogen) atoms. The molecule has 1 aliphatic heterocycles. The molecule has 0 atom stereocenters. The van der Waals surface area contributed by atoms with E-state index >= 15 is 0 Å². The summed E-state index contributed by atoms with van der Waals surface area (Å²) in [5, 5.41) is 1.07. The van der Waals surface area contributed by atoms with Crippen molar-refractivity contribution in [3.8, 4) is 11.5 Å². The minimum Gasteiger partial charge on any atom is -0.497 e. The first kappa shape index (κ1) is 24.2. The van der Waals surface area contributed by atoms with Gasteiger partial charge in [0, 0.05) is 5.56 Å². The van der Waals surface area contributed by atoms with Gasteiger partial charge in [0.2, 0.25) is 0 Å². The molecular weight excluding hydrogens is 484 g/mol. The first-order valence-corrected chi connectivity index (χ1v) is 11.7. The Morgan fingerprint density at radius 2 is 1.69 bits per heavy atom. The quantitative estimate of drug-likeness (QED) is 0.224. The molecule has 2 amide bonds. The van der Waals surface area contributed by atoms with Crippen LogP contribution in [-0.2, 0) is 4.79 Å². The molecule has 1 N–H and O–H groups in total. The van der Waals surface area contributed by atoms with Crippen LogP contribution in [0.5, 0.6) is 11.5 Å². The molecule has 4 rings (SSSR count). The number of methoxy groups -OCH3 is 1. The van der Waals surface area contributed by atoms with Crippen LogP contribution in [0.25, 0.3) is 6.08 Å². The van der Waals surface area contributed by atoms with Crippen molar-refractivity contribution in [2.75, 3.05) is 7.11 Å². The van der Waals surface area contributed by atoms with E-state index in [1.807, 2.05) is 19.1 Å². The summed E-state index contributed by atoms with van der Waals surface area (Å²) in [7, 11) is 1.52. The smallest absolute Gasteiger partial charge is 0.343 e. The summed E-state index contributed by atoms with van der Waals surface area (Å²) in [5.41, 5.74) is 5.08. The molecule has 1 fully saturated rings. The van der Waals surface area contributed by atoms with Crippen molar-refractivity contribution in [2.24, 2.45) is 0 Å². The maximum atomic E-state index is 12.8. The van der Waals surface area contributed by atoms with Gasteiger partial charge in [-0.3, -0.25) is 15.0 Å². The Morgan fingerprint density at radius 3 is 2.37 bits per heavy atom. The number of nitrogens with one attached hydrogen (secondary N) is 1. The van der Waals surface area contributed by atoms with Crippen LogP contribution in [0.15, 0.2) is 77.7 Å². The standard InChI is InChI=1S/C26H20N2O5S2/c1-16-6-10-18(11-7-16)23(29)27-28-24(30)22(35-26(28)34)14-17-8-12-20(13-9-17)33-25(31)19-4-3-5-21(15-19)32-2/h3-15H,1-2H3,(H,27,29). The molecule has 0 spiro atoms. The third kappa shape index (κ3) is 5.76. The highest BCUT2D eigenvalue weighted by Crippen LogP contribution is 2.32. The Labute approximate surface area is 211 Å². The third-order valence-corrected chi connectivity index (χ3v) is 6.32. The topological polar surface area (TPSA) is 84.9 Å². The number of carbonyl (C=O) groups is 3. The number of hydrazine groups is 1. The van der Waals surface area contributed by atoms with Gasteiger partial charge in [-0.15, -0.1) is 0 Å². The Morgan fingerprint density at radius 1 is 0.971 bits per heavy atom. The summed E-state index contributed by atoms with van der Waals surface area (Å²) in [5.74, 6) is -0.448. The first-order valence-electron chi connectivity index (χ1n) is 10.5. The van der Waals surface area contributed by atoms with Crippen molar-refractivity contribution in [2.45, 2.75) is 6.92 Å². The molecule has 0 aromatic heterocycles. The lowest BCUT2D eigenvalue weighted by Crippen LogP contribution is -2.44. The molecule has 0 unspecified atom stereocenters. The fourth-order valence-corrected chi connectivity index (χ4v) is 4.31. The number of amides is 2. The molecule has 9 heteroatoms. The number of hydrogen-bond acceptors (Lipinski definition) is 7. The number of thioether (sulfide) groups is 1. The molecular formula is C26H20N2O5S2. The minimum atomic E-state index is -0.512. The summed E-state index contributed by atoms with van der Waals surface area (Å²) in [6.07, 6.45) is 1.66. The fourth-order valence-electron chi connectivity index (χ4n) is 3.13. The van der Waals surface area contributed by atoms with Gasteiger partial charge in [0.25, 0.3) is 11.8 Å². The van der Waals surface area contributed by atoms with Gasteiger partial charge >= 0.3 is 5.97 Å². The van der Waals surface area contributed by atoms with Crippen molar-refractivity contribution in [3.63, 3.8) is 0 Å². The second kappa shape index (κ2) is 10.5. The van der Waals surface area contributed by atoms with E-state index in [9.17, 15) is 14.4 Å². The predicted molar refractivity (Wildman–Crippen MR) is 138 cm³/mol. The highest BCUT2D eigenvalue weighted by Gasteiger charge is 2.33. The van der Waals surface area contributed by atoms with E-state index in [2.05, 4.69) is 5.43 Å². The summed E-state index contributed by atoms with van der Waals surface area (Å²) in [6.45, 7) is 1.92. The number of hydrogen-bond donors (Lipinski definition) is 1. The molecule has 1 saturated heterocycles. The predicted octanol–water partition coefficient (Wildman–Crippen LogP) is 4.77. The zero-order valence-electron chi connectivity index (χ0n) is 18.8. The van der Waals surface area contributed by atoms with Gasteiger partial charge in [0.1, 0.15) is 11.5 Å². The Balaban J connectivity index is 1.41. The van der Waals surface area contributed by atoms with Gasteiger partial charge in [-0.05, 0) is 73.2 Å². The molecule has 0 radical (unpaired) electrons. The zero-order chi connectivity index (χ0) is 24.9. The van der Waals surface area contributed by atoms with Crippen LogP contribution in [0.4, 0.5) is 0 Å². The zero-order valence-corrected chi connectivity index (χ0v) is 20.4. The van der Waals surface area contributed by atoms with Gasteiger partial charge in [0.15, 0.2) is 4.32 Å². The number of thiocarbonyl (C=S) groups is 1. The maximum absolute atomic E-state index is 12.8. The number of ether oxygens (including phenoxy) is 2. The van der Waals surface area contributed by atoms with Gasteiger partial charge in [-0.25, -0.2) is 4.79 Å². The number of esters is 1. The van der Waals surface area contributed by atoms with E-state index in [0.717, 1.165) is 22.3 Å². The van der Waals surface area contributed by atoms with E-state index in [1.54, 1.807) is 66.7 Å². The van der Waals surface area contributed by atoms with Crippen molar-refractivity contribution >= 4 is 52.2 Å². The molecule has 1 heterocycles. The molecule has 0 aliphatic carbocycles. The second-order valence-corrected chi connectivity index (χ2v) is 9.19. The lowest BCUT2D eigenvalue weighted by Gasteiger charge is -2.15. The van der Waals surface area contributed by atoms with E-state index in [1.165, 1.54) is 7.11 Å². The van der Waals surface area contributed by atoms with Crippen molar-refractivity contribution < 1.29 is 23.9 Å². The van der Waals surface area contributed by atoms with Crippen LogP contribution in [0, 0.1) is 6.92 Å². The maximum Gasteiger partial charge on any atom is 0.343 e. The molecule has 0 bridgehead atoms. The van der Waals surface area contributed by atoms with E-state index < -0.39 is 17.8 Å². The van der Waals surface area contributed by atoms with Crippen molar-refractivity contribution in [1.29, 1.82) is 0 Å². The SMILES string of the molecule is COc1cccc(C(=O)Oc2ccc(C=C3SC(=S)N(NC(=O)c4ccc(C)cc4)C3=O)cc2)c1. The van der Waals surface area contributed by atoms with Crippen LogP contribution in [-0.4, -0.2) is 34.2 Å². The Kier molecular flexibility index (Phi) is 7.28.